The number of carbonyl (C=O) groups excluding carboxylic acids is 2. The molecule has 12 atom stereocenters. The monoisotopic (exact) mass is 721 g/mol. The van der Waals surface area contributed by atoms with Crippen LogP contribution in [0.15, 0.2) is 18.2 Å². The summed E-state index contributed by atoms with van der Waals surface area (Å²) in [6, 6.07) is 3.29. The van der Waals surface area contributed by atoms with E-state index in [0.717, 1.165) is 0 Å². The van der Waals surface area contributed by atoms with Gasteiger partial charge in [0.1, 0.15) is 47.8 Å². The van der Waals surface area contributed by atoms with E-state index in [4.69, 9.17) is 29.4 Å². The minimum atomic E-state index is -2.18. The molecule has 278 valence electrons. The fourth-order valence-electron chi connectivity index (χ4n) is 7.36. The molecule has 18 heteroatoms. The number of aliphatic hydroxyl groups excluding tert-OH is 5. The van der Waals surface area contributed by atoms with Crippen LogP contribution in [0, 0.1) is 0 Å². The molecule has 51 heavy (non-hydrogen) atoms. The number of aliphatic hydroxyl groups is 6. The van der Waals surface area contributed by atoms with Gasteiger partial charge in [0.05, 0.1) is 48.2 Å². The smallest absolute Gasteiger partial charge is 0.335 e. The van der Waals surface area contributed by atoms with Gasteiger partial charge in [0.2, 0.25) is 5.78 Å². The highest BCUT2D eigenvalue weighted by Crippen LogP contribution is 2.53. The first-order valence-corrected chi connectivity index (χ1v) is 16.1. The third kappa shape index (κ3) is 6.05. The van der Waals surface area contributed by atoms with E-state index >= 15 is 0 Å². The van der Waals surface area contributed by atoms with Gasteiger partial charge in [-0.05, 0) is 13.0 Å². The van der Waals surface area contributed by atoms with Crippen LogP contribution < -0.4 is 10.5 Å². The summed E-state index contributed by atoms with van der Waals surface area (Å²) in [6.45, 7) is 0.579. The van der Waals surface area contributed by atoms with Crippen LogP contribution in [0.25, 0.3) is 0 Å². The van der Waals surface area contributed by atoms with E-state index < -0.39 is 133 Å². The summed E-state index contributed by atoms with van der Waals surface area (Å²) >= 11 is 0. The summed E-state index contributed by atoms with van der Waals surface area (Å²) in [5, 5.41) is 95.2. The normalized spacial score (nSPS) is 35.4. The largest absolute Gasteiger partial charge is 0.507 e. The zero-order valence-electron chi connectivity index (χ0n) is 27.3. The number of rotatable bonds is 8. The van der Waals surface area contributed by atoms with Crippen molar-refractivity contribution < 1.29 is 84.0 Å². The van der Waals surface area contributed by atoms with Crippen molar-refractivity contribution in [2.24, 2.45) is 5.73 Å². The van der Waals surface area contributed by atoms with Crippen molar-refractivity contribution in [2.75, 3.05) is 13.7 Å². The summed E-state index contributed by atoms with van der Waals surface area (Å²) in [4.78, 5) is 39.1. The number of aromatic hydroxyl groups is 2. The molecule has 2 aliphatic carbocycles. The minimum absolute atomic E-state index is 0.0482. The maximum atomic E-state index is 13.9. The molecule has 2 saturated heterocycles. The molecular formula is C33H39NO17. The molecule has 0 spiro atoms. The van der Waals surface area contributed by atoms with Crippen molar-refractivity contribution in [2.45, 2.75) is 99.2 Å². The lowest BCUT2D eigenvalue weighted by Gasteiger charge is -2.46. The lowest BCUT2D eigenvalue weighted by molar-refractivity contribution is -0.329. The number of hydrogen-bond acceptors (Lipinski definition) is 17. The topological polar surface area (TPSA) is 305 Å². The van der Waals surface area contributed by atoms with Crippen LogP contribution in [0.4, 0.5) is 0 Å². The van der Waals surface area contributed by atoms with Gasteiger partial charge in [-0.2, -0.15) is 0 Å². The van der Waals surface area contributed by atoms with Crippen LogP contribution in [0.5, 0.6) is 17.2 Å². The molecule has 0 saturated carbocycles. The van der Waals surface area contributed by atoms with Gasteiger partial charge in [0.15, 0.2) is 24.5 Å². The zero-order chi connectivity index (χ0) is 37.3. The maximum Gasteiger partial charge on any atom is 0.335 e. The SMILES string of the molecule is COc1cccc2c1C(=O)c1c(O)c3c(c(O)c1C2=O)C[C@@](O)(C(O)CO)C[C@@H]3O[C@H]1C[C@H](N)[C@@H](OC2O[C@H](C(=O)O)[C@@H](O)[C@H](O)[C@H]2O)[C@H](C)O1. The molecule has 0 bridgehead atoms. The Kier molecular flexibility index (Phi) is 9.89. The third-order valence-electron chi connectivity index (χ3n) is 10.0. The number of carboxylic acids is 1. The summed E-state index contributed by atoms with van der Waals surface area (Å²) in [5.41, 5.74) is 2.51. The number of benzene rings is 2. The molecule has 4 aliphatic rings. The molecule has 18 nitrogen and oxygen atoms in total. The predicted octanol–water partition coefficient (Wildman–Crippen LogP) is -2.29. The van der Waals surface area contributed by atoms with E-state index in [0.29, 0.717) is 0 Å². The van der Waals surface area contributed by atoms with Crippen molar-refractivity contribution in [3.8, 4) is 17.2 Å². The van der Waals surface area contributed by atoms with Crippen LogP contribution in [-0.4, -0.2) is 144 Å². The van der Waals surface area contributed by atoms with Gasteiger partial charge < -0.3 is 75.4 Å². The standard InChI is InChI=1S/C33H39NO17/c1-10-29(50-32-28(43)26(41)27(42)30(51-32)31(44)45)13(34)6-17(48-10)49-15-8-33(46,16(36)9-35)7-12-19(15)25(40)21-20(23(12)38)22(37)11-4-3-5-14(47-2)18(11)24(21)39/h3-5,10,13,15-17,26-30,32,35-36,38,40-43,46H,6-9,34H2,1-2H3,(H,44,45)/t10-,13-,15-,16?,17-,26-,27-,28+,29-,30-,32?,33-/m0/s1. The van der Waals surface area contributed by atoms with Crippen molar-refractivity contribution in [1.29, 1.82) is 0 Å². The first-order chi connectivity index (χ1) is 24.0. The lowest BCUT2D eigenvalue weighted by atomic mass is 9.71. The zero-order valence-corrected chi connectivity index (χ0v) is 27.3. The molecule has 2 unspecified atom stereocenters. The van der Waals surface area contributed by atoms with E-state index in [2.05, 4.69) is 0 Å². The summed E-state index contributed by atoms with van der Waals surface area (Å²) in [6.07, 6.45) is -17.2. The molecule has 11 N–H and O–H groups in total. The number of ether oxygens (including phenoxy) is 5. The average Bonchev–Trinajstić information content (AvgIpc) is 3.08. The summed E-state index contributed by atoms with van der Waals surface area (Å²) < 4.78 is 28.4. The second kappa shape index (κ2) is 13.6. The average molecular weight is 722 g/mol. The minimum Gasteiger partial charge on any atom is -0.507 e. The number of phenols is 2. The Morgan fingerprint density at radius 3 is 2.33 bits per heavy atom. The Balaban J connectivity index is 1.32. The molecule has 0 amide bonds. The van der Waals surface area contributed by atoms with E-state index in [1.807, 2.05) is 0 Å². The number of nitrogens with two attached hydrogens (primary N) is 1. The van der Waals surface area contributed by atoms with Gasteiger partial charge >= 0.3 is 5.97 Å². The predicted molar refractivity (Wildman–Crippen MR) is 166 cm³/mol. The molecule has 6 rings (SSSR count). The van der Waals surface area contributed by atoms with Gasteiger partial charge in [-0.1, -0.05) is 12.1 Å². The maximum absolute atomic E-state index is 13.9. The quantitative estimate of drug-likeness (QED) is 0.109. The van der Waals surface area contributed by atoms with Gasteiger partial charge in [-0.15, -0.1) is 0 Å². The number of fused-ring (bicyclic) bond motifs is 3. The number of aliphatic carboxylic acids is 1. The molecule has 2 fully saturated rings. The molecule has 2 aliphatic heterocycles. The van der Waals surface area contributed by atoms with Gasteiger partial charge in [-0.3, -0.25) is 9.59 Å². The number of hydrogen-bond donors (Lipinski definition) is 10. The molecular weight excluding hydrogens is 682 g/mol. The number of carboxylic acid groups (broad SMARTS) is 1. The van der Waals surface area contributed by atoms with Crippen LogP contribution in [0.3, 0.4) is 0 Å². The highest BCUT2D eigenvalue weighted by molar-refractivity contribution is 6.31. The Morgan fingerprint density at radius 2 is 1.71 bits per heavy atom. The Morgan fingerprint density at radius 1 is 1.02 bits per heavy atom. The number of carbonyl (C=O) groups is 3. The number of methoxy groups -OCH3 is 1. The highest BCUT2D eigenvalue weighted by atomic mass is 16.7. The molecule has 2 aromatic rings. The highest BCUT2D eigenvalue weighted by Gasteiger charge is 2.52. The molecule has 2 aromatic carbocycles. The third-order valence-corrected chi connectivity index (χ3v) is 10.0. The number of ketones is 2. The fraction of sp³-hybridized carbons (Fsp3) is 0.545. The first kappa shape index (κ1) is 37.0. The molecule has 2 heterocycles. The van der Waals surface area contributed by atoms with E-state index in [-0.39, 0.29) is 34.4 Å². The van der Waals surface area contributed by atoms with E-state index in [9.17, 15) is 60.3 Å². The fourth-order valence-corrected chi connectivity index (χ4v) is 7.36. The Labute approximate surface area is 289 Å². The van der Waals surface area contributed by atoms with Crippen molar-refractivity contribution >= 4 is 17.5 Å². The van der Waals surface area contributed by atoms with Gasteiger partial charge in [0.25, 0.3) is 0 Å². The van der Waals surface area contributed by atoms with Crippen LogP contribution in [-0.2, 0) is 30.2 Å². The first-order valence-electron chi connectivity index (χ1n) is 16.1. The van der Waals surface area contributed by atoms with Crippen molar-refractivity contribution in [3.63, 3.8) is 0 Å². The summed E-state index contributed by atoms with van der Waals surface area (Å²) in [7, 11) is 1.29. The molecule has 0 aromatic heterocycles. The van der Waals surface area contributed by atoms with Crippen LogP contribution in [0.1, 0.15) is 68.8 Å². The Bertz CT molecular complexity index is 1720. The lowest BCUT2D eigenvalue weighted by Crippen LogP contribution is -2.63. The second-order valence-corrected chi connectivity index (χ2v) is 13.2. The summed E-state index contributed by atoms with van der Waals surface area (Å²) in [5.74, 6) is -4.69. The number of phenolic OH excluding ortho intramolecular Hbond substituents is 2. The van der Waals surface area contributed by atoms with E-state index in [1.54, 1.807) is 0 Å². The molecule has 0 radical (unpaired) electrons. The van der Waals surface area contributed by atoms with Crippen molar-refractivity contribution in [1.82, 2.24) is 0 Å². The van der Waals surface area contributed by atoms with E-state index in [1.165, 1.54) is 32.2 Å². The Hall–Kier alpha value is -3.79. The van der Waals surface area contributed by atoms with Gasteiger partial charge in [-0.25, -0.2) is 4.79 Å². The second-order valence-electron chi connectivity index (χ2n) is 13.2. The van der Waals surface area contributed by atoms with Crippen LogP contribution in [0.2, 0.25) is 0 Å². The van der Waals surface area contributed by atoms with Crippen LogP contribution >= 0.6 is 0 Å². The van der Waals surface area contributed by atoms with Gasteiger partial charge in [0, 0.05) is 42.0 Å². The van der Waals surface area contributed by atoms with Crippen molar-refractivity contribution in [3.05, 3.63) is 51.6 Å².